The number of aromatic nitrogens is 1. The van der Waals surface area contributed by atoms with Crippen LogP contribution in [0.5, 0.6) is 0 Å². The number of rotatable bonds is 6. The molecule has 0 spiro atoms. The Morgan fingerprint density at radius 1 is 1.05 bits per heavy atom. The third-order valence-corrected chi connectivity index (χ3v) is 8.76. The number of thiophene rings is 2. The minimum atomic E-state index is -0.423. The molecule has 0 radical (unpaired) electrons. The van der Waals surface area contributed by atoms with Gasteiger partial charge in [0, 0.05) is 29.9 Å². The Morgan fingerprint density at radius 2 is 1.87 bits per heavy atom. The van der Waals surface area contributed by atoms with Crippen LogP contribution in [-0.2, 0) is 24.2 Å². The van der Waals surface area contributed by atoms with Gasteiger partial charge < -0.3 is 10.1 Å². The molecule has 2 aromatic carbocycles. The molecule has 6 nitrogen and oxygen atoms in total. The van der Waals surface area contributed by atoms with Crippen LogP contribution < -0.4 is 5.32 Å². The van der Waals surface area contributed by atoms with Crippen LogP contribution in [0.25, 0.3) is 21.5 Å². The summed E-state index contributed by atoms with van der Waals surface area (Å²) in [5, 5.41) is 6.35. The SMILES string of the molecule is COC(=O)c1c(NC(=O)c2cc(-c3cccs3)nc3ccccc23)sc2c1CCN(Cc1ccccc1)C2. The maximum absolute atomic E-state index is 13.7. The monoisotopic (exact) mass is 539 g/mol. The zero-order valence-corrected chi connectivity index (χ0v) is 22.4. The molecule has 1 N–H and O–H groups in total. The van der Waals surface area contributed by atoms with Gasteiger partial charge in [0.1, 0.15) is 5.00 Å². The van der Waals surface area contributed by atoms with E-state index in [1.807, 2.05) is 66.0 Å². The van der Waals surface area contributed by atoms with E-state index in [-0.39, 0.29) is 5.91 Å². The first-order chi connectivity index (χ1) is 18.6. The number of hydrogen-bond acceptors (Lipinski definition) is 7. The number of para-hydroxylation sites is 1. The van der Waals surface area contributed by atoms with Crippen molar-refractivity contribution in [2.75, 3.05) is 19.0 Å². The molecule has 8 heteroatoms. The van der Waals surface area contributed by atoms with Gasteiger partial charge in [-0.15, -0.1) is 22.7 Å². The third kappa shape index (κ3) is 4.74. The molecule has 0 atom stereocenters. The summed E-state index contributed by atoms with van der Waals surface area (Å²) in [6.45, 7) is 2.38. The Labute approximate surface area is 228 Å². The van der Waals surface area contributed by atoms with E-state index in [9.17, 15) is 9.59 Å². The Hall–Kier alpha value is -3.85. The van der Waals surface area contributed by atoms with Gasteiger partial charge in [0.25, 0.3) is 5.91 Å². The number of methoxy groups -OCH3 is 1. The first-order valence-electron chi connectivity index (χ1n) is 12.3. The molecule has 1 aliphatic heterocycles. The second kappa shape index (κ2) is 10.5. The van der Waals surface area contributed by atoms with E-state index < -0.39 is 5.97 Å². The molecule has 190 valence electrons. The number of amides is 1. The fraction of sp³-hybridized carbons (Fsp3) is 0.167. The minimum Gasteiger partial charge on any atom is -0.465 e. The average molecular weight is 540 g/mol. The number of hydrogen-bond donors (Lipinski definition) is 1. The topological polar surface area (TPSA) is 71.5 Å². The normalized spacial score (nSPS) is 13.3. The maximum Gasteiger partial charge on any atom is 0.341 e. The van der Waals surface area contributed by atoms with Crippen molar-refractivity contribution in [1.29, 1.82) is 0 Å². The van der Waals surface area contributed by atoms with Crippen LogP contribution in [0.15, 0.2) is 78.2 Å². The first kappa shape index (κ1) is 24.5. The molecule has 1 aliphatic rings. The molecule has 4 heterocycles. The lowest BCUT2D eigenvalue weighted by Gasteiger charge is -2.27. The number of nitrogens with zero attached hydrogens (tertiary/aromatic N) is 2. The van der Waals surface area contributed by atoms with Crippen molar-refractivity contribution in [3.05, 3.63) is 105 Å². The predicted molar refractivity (Wildman–Crippen MR) is 153 cm³/mol. The maximum atomic E-state index is 13.7. The first-order valence-corrected chi connectivity index (χ1v) is 14.0. The highest BCUT2D eigenvalue weighted by molar-refractivity contribution is 7.17. The molecular weight excluding hydrogens is 514 g/mol. The minimum absolute atomic E-state index is 0.272. The van der Waals surface area contributed by atoms with Crippen molar-refractivity contribution in [3.8, 4) is 10.6 Å². The number of benzene rings is 2. The van der Waals surface area contributed by atoms with Crippen molar-refractivity contribution in [2.24, 2.45) is 0 Å². The summed E-state index contributed by atoms with van der Waals surface area (Å²) in [5.74, 6) is -0.695. The van der Waals surface area contributed by atoms with Crippen molar-refractivity contribution in [3.63, 3.8) is 0 Å². The Kier molecular flexibility index (Phi) is 6.76. The van der Waals surface area contributed by atoms with Crippen molar-refractivity contribution < 1.29 is 14.3 Å². The number of esters is 1. The van der Waals surface area contributed by atoms with Gasteiger partial charge in [0.05, 0.1) is 34.3 Å². The van der Waals surface area contributed by atoms with Crippen LogP contribution in [-0.4, -0.2) is 35.4 Å². The number of fused-ring (bicyclic) bond motifs is 2. The highest BCUT2D eigenvalue weighted by Gasteiger charge is 2.30. The predicted octanol–water partition coefficient (Wildman–Crippen LogP) is 6.62. The standard InChI is InChI=1S/C30H25N3O3S2/c1-36-30(35)27-21-13-14-33(17-19-8-3-2-4-9-19)18-26(21)38-29(27)32-28(34)22-16-24(25-12-7-15-37-25)31-23-11-6-5-10-20(22)23/h2-12,15-16H,13-14,17-18H2,1H3,(H,32,34). The van der Waals surface area contributed by atoms with Gasteiger partial charge in [-0.2, -0.15) is 0 Å². The largest absolute Gasteiger partial charge is 0.465 e. The molecule has 0 bridgehead atoms. The van der Waals surface area contributed by atoms with Crippen molar-refractivity contribution in [2.45, 2.75) is 19.5 Å². The number of nitrogens with one attached hydrogen (secondary N) is 1. The lowest BCUT2D eigenvalue weighted by molar-refractivity contribution is 0.0600. The quantitative estimate of drug-likeness (QED) is 0.246. The van der Waals surface area contributed by atoms with Gasteiger partial charge in [-0.1, -0.05) is 54.6 Å². The summed E-state index contributed by atoms with van der Waals surface area (Å²) < 4.78 is 5.14. The molecule has 0 unspecified atom stereocenters. The van der Waals surface area contributed by atoms with Crippen LogP contribution in [0.1, 0.15) is 36.7 Å². The molecule has 0 aliphatic carbocycles. The lowest BCUT2D eigenvalue weighted by Crippen LogP contribution is -2.29. The van der Waals surface area contributed by atoms with E-state index in [2.05, 4.69) is 22.3 Å². The summed E-state index contributed by atoms with van der Waals surface area (Å²) in [4.78, 5) is 35.8. The molecule has 0 fully saturated rings. The number of carbonyl (C=O) groups is 2. The van der Waals surface area contributed by atoms with E-state index in [0.29, 0.717) is 16.1 Å². The van der Waals surface area contributed by atoms with Crippen LogP contribution in [0.4, 0.5) is 5.00 Å². The second-order valence-electron chi connectivity index (χ2n) is 9.15. The molecule has 0 saturated heterocycles. The van der Waals surface area contributed by atoms with E-state index >= 15 is 0 Å². The molecule has 38 heavy (non-hydrogen) atoms. The van der Waals surface area contributed by atoms with Gasteiger partial charge in [-0.3, -0.25) is 9.69 Å². The van der Waals surface area contributed by atoms with Gasteiger partial charge in [0.2, 0.25) is 0 Å². The summed E-state index contributed by atoms with van der Waals surface area (Å²) >= 11 is 3.04. The summed E-state index contributed by atoms with van der Waals surface area (Å²) in [6, 6.07) is 23.8. The van der Waals surface area contributed by atoms with Gasteiger partial charge >= 0.3 is 5.97 Å². The number of carbonyl (C=O) groups excluding carboxylic acids is 2. The summed E-state index contributed by atoms with van der Waals surface area (Å²) in [7, 11) is 1.38. The fourth-order valence-corrected chi connectivity index (χ4v) is 6.88. The van der Waals surface area contributed by atoms with E-state index in [4.69, 9.17) is 9.72 Å². The van der Waals surface area contributed by atoms with Gasteiger partial charge in [0.15, 0.2) is 0 Å². The van der Waals surface area contributed by atoms with Gasteiger partial charge in [-0.05, 0) is 41.1 Å². The summed E-state index contributed by atoms with van der Waals surface area (Å²) in [6.07, 6.45) is 0.722. The lowest BCUT2D eigenvalue weighted by atomic mass is 10.0. The number of anilines is 1. The Bertz CT molecular complexity index is 1630. The van der Waals surface area contributed by atoms with E-state index in [1.54, 1.807) is 11.3 Å². The average Bonchev–Trinajstić information content (AvgIpc) is 3.61. The highest BCUT2D eigenvalue weighted by Crippen LogP contribution is 2.38. The van der Waals surface area contributed by atoms with Crippen LogP contribution >= 0.6 is 22.7 Å². The Balaban J connectivity index is 1.34. The zero-order valence-electron chi connectivity index (χ0n) is 20.8. The molecule has 6 rings (SSSR count). The van der Waals surface area contributed by atoms with Crippen molar-refractivity contribution >= 4 is 50.5 Å². The number of ether oxygens (including phenoxy) is 1. The Morgan fingerprint density at radius 3 is 2.66 bits per heavy atom. The zero-order chi connectivity index (χ0) is 26.1. The molecule has 5 aromatic rings. The molecule has 1 amide bonds. The molecular formula is C30H25N3O3S2. The molecule has 3 aromatic heterocycles. The van der Waals surface area contributed by atoms with Crippen molar-refractivity contribution in [1.82, 2.24) is 9.88 Å². The highest BCUT2D eigenvalue weighted by atomic mass is 32.1. The number of pyridine rings is 1. The smallest absolute Gasteiger partial charge is 0.341 e. The van der Waals surface area contributed by atoms with E-state index in [1.165, 1.54) is 24.0 Å². The van der Waals surface area contributed by atoms with Crippen LogP contribution in [0.2, 0.25) is 0 Å². The second-order valence-corrected chi connectivity index (χ2v) is 11.2. The summed E-state index contributed by atoms with van der Waals surface area (Å²) in [5.41, 5.74) is 4.71. The van der Waals surface area contributed by atoms with Crippen LogP contribution in [0.3, 0.4) is 0 Å². The van der Waals surface area contributed by atoms with Crippen LogP contribution in [0, 0.1) is 0 Å². The molecule has 0 saturated carbocycles. The van der Waals surface area contributed by atoms with E-state index in [0.717, 1.165) is 58.0 Å². The van der Waals surface area contributed by atoms with Gasteiger partial charge in [-0.25, -0.2) is 9.78 Å². The third-order valence-electron chi connectivity index (χ3n) is 6.74. The fourth-order valence-electron chi connectivity index (χ4n) is 4.92.